The van der Waals surface area contributed by atoms with E-state index < -0.39 is 0 Å². The number of piperidine rings is 1. The third-order valence-corrected chi connectivity index (χ3v) is 4.27. The fraction of sp³-hybridized carbons (Fsp3) is 0.667. The molecule has 2 heterocycles. The number of hydrogen-bond donors (Lipinski definition) is 2. The van der Waals surface area contributed by atoms with Crippen molar-refractivity contribution in [1.82, 2.24) is 14.9 Å². The van der Waals surface area contributed by atoms with E-state index in [-0.39, 0.29) is 17.9 Å². The van der Waals surface area contributed by atoms with Crippen LogP contribution in [-0.4, -0.2) is 52.1 Å². The van der Waals surface area contributed by atoms with Gasteiger partial charge < -0.3 is 15.3 Å². The van der Waals surface area contributed by atoms with Crippen molar-refractivity contribution in [3.8, 4) is 0 Å². The summed E-state index contributed by atoms with van der Waals surface area (Å²) >= 11 is 0. The number of anilines is 1. The van der Waals surface area contributed by atoms with Crippen molar-refractivity contribution >= 4 is 11.9 Å². The van der Waals surface area contributed by atoms with Crippen LogP contribution >= 0.6 is 0 Å². The maximum Gasteiger partial charge on any atom is 0.257 e. The Hall–Kier alpha value is -1.69. The van der Waals surface area contributed by atoms with Crippen LogP contribution in [0.2, 0.25) is 0 Å². The Balaban J connectivity index is 2.08. The highest BCUT2D eigenvalue weighted by Crippen LogP contribution is 2.33. The molecule has 1 amide bonds. The molecule has 0 aromatic carbocycles. The van der Waals surface area contributed by atoms with E-state index in [1.807, 2.05) is 11.8 Å². The quantitative estimate of drug-likeness (QED) is 0.860. The predicted octanol–water partition coefficient (Wildman–Crippen LogP) is 1.53. The minimum Gasteiger partial charge on any atom is -0.396 e. The molecule has 1 aliphatic rings. The molecule has 0 saturated carbocycles. The van der Waals surface area contributed by atoms with Crippen LogP contribution in [0.4, 0.5) is 5.95 Å². The Bertz CT molecular complexity index is 471. The van der Waals surface area contributed by atoms with Crippen molar-refractivity contribution in [3.05, 3.63) is 18.0 Å². The van der Waals surface area contributed by atoms with Crippen LogP contribution in [-0.2, 0) is 0 Å². The van der Waals surface area contributed by atoms with Gasteiger partial charge in [0.2, 0.25) is 5.95 Å². The highest BCUT2D eigenvalue weighted by Gasteiger charge is 2.35. The first-order valence-electron chi connectivity index (χ1n) is 7.60. The van der Waals surface area contributed by atoms with Crippen LogP contribution < -0.4 is 5.32 Å². The van der Waals surface area contributed by atoms with Gasteiger partial charge in [0.15, 0.2) is 0 Å². The lowest BCUT2D eigenvalue weighted by Crippen LogP contribution is -2.47. The van der Waals surface area contributed by atoms with Crippen LogP contribution in [0.1, 0.15) is 43.5 Å². The molecule has 1 saturated heterocycles. The van der Waals surface area contributed by atoms with Gasteiger partial charge in [0.25, 0.3) is 5.91 Å². The number of aliphatic hydroxyl groups excluding tert-OH is 1. The number of likely N-dealkylation sites (tertiary alicyclic amines) is 1. The minimum atomic E-state index is -0.154. The summed E-state index contributed by atoms with van der Waals surface area (Å²) in [5.41, 5.74) is 0.347. The molecule has 1 atom stereocenters. The van der Waals surface area contributed by atoms with Crippen LogP contribution in [0.5, 0.6) is 0 Å². The first kappa shape index (κ1) is 15.7. The molecule has 1 aromatic rings. The van der Waals surface area contributed by atoms with Crippen LogP contribution in [0.3, 0.4) is 0 Å². The lowest BCUT2D eigenvalue weighted by Gasteiger charge is -2.41. The van der Waals surface area contributed by atoms with Crippen molar-refractivity contribution in [2.75, 3.05) is 31.6 Å². The second kappa shape index (κ2) is 6.85. The molecule has 116 valence electrons. The van der Waals surface area contributed by atoms with E-state index in [1.54, 1.807) is 12.4 Å². The molecule has 1 aromatic heterocycles. The maximum absolute atomic E-state index is 12.5. The number of nitrogens with zero attached hydrogens (tertiary/aromatic N) is 3. The molecule has 6 nitrogen and oxygen atoms in total. The fourth-order valence-electron chi connectivity index (χ4n) is 2.78. The van der Waals surface area contributed by atoms with Crippen LogP contribution in [0.15, 0.2) is 12.4 Å². The average Bonchev–Trinajstić information content (AvgIpc) is 2.55. The van der Waals surface area contributed by atoms with Crippen molar-refractivity contribution < 1.29 is 9.90 Å². The largest absolute Gasteiger partial charge is 0.396 e. The highest BCUT2D eigenvalue weighted by molar-refractivity contribution is 5.93. The van der Waals surface area contributed by atoms with Crippen molar-refractivity contribution in [2.45, 2.75) is 33.1 Å². The zero-order valence-corrected chi connectivity index (χ0v) is 12.8. The van der Waals surface area contributed by atoms with Gasteiger partial charge in [-0.1, -0.05) is 6.92 Å². The molecule has 0 bridgehead atoms. The molecule has 0 spiro atoms. The van der Waals surface area contributed by atoms with Crippen LogP contribution in [0, 0.1) is 5.41 Å². The molecular weight excluding hydrogens is 268 g/mol. The van der Waals surface area contributed by atoms with Crippen LogP contribution in [0.25, 0.3) is 0 Å². The molecule has 2 N–H and O–H groups in total. The second-order valence-electron chi connectivity index (χ2n) is 5.67. The first-order chi connectivity index (χ1) is 10.1. The average molecular weight is 292 g/mol. The van der Waals surface area contributed by atoms with E-state index in [1.165, 1.54) is 0 Å². The maximum atomic E-state index is 12.5. The Labute approximate surface area is 125 Å². The molecule has 1 fully saturated rings. The van der Waals surface area contributed by atoms with Gasteiger partial charge in [-0.2, -0.15) is 0 Å². The van der Waals surface area contributed by atoms with Crippen molar-refractivity contribution in [1.29, 1.82) is 0 Å². The third-order valence-electron chi connectivity index (χ3n) is 4.27. The molecular formula is C15H24N4O2. The molecule has 1 unspecified atom stereocenters. The Morgan fingerprint density at radius 3 is 2.71 bits per heavy atom. The Kier molecular flexibility index (Phi) is 5.12. The summed E-state index contributed by atoms with van der Waals surface area (Å²) in [6.07, 6.45) is 5.91. The number of aliphatic hydroxyl groups is 1. The van der Waals surface area contributed by atoms with Gasteiger partial charge >= 0.3 is 0 Å². The number of nitrogens with one attached hydrogen (secondary N) is 1. The van der Waals surface area contributed by atoms with Crippen molar-refractivity contribution in [2.24, 2.45) is 5.41 Å². The van der Waals surface area contributed by atoms with E-state index in [0.717, 1.165) is 32.4 Å². The van der Waals surface area contributed by atoms with Gasteiger partial charge in [-0.25, -0.2) is 9.97 Å². The highest BCUT2D eigenvalue weighted by atomic mass is 16.3. The molecule has 6 heteroatoms. The van der Waals surface area contributed by atoms with Gasteiger partial charge in [0.1, 0.15) is 0 Å². The summed E-state index contributed by atoms with van der Waals surface area (Å²) in [4.78, 5) is 22.6. The minimum absolute atomic E-state index is 0.0518. The van der Waals surface area contributed by atoms with Gasteiger partial charge in [-0.3, -0.25) is 4.79 Å². The van der Waals surface area contributed by atoms with E-state index in [4.69, 9.17) is 0 Å². The standard InChI is InChI=1S/C15H24N4O2/c1-3-15(11-20)6-5-7-19(10-15)13(21)12-8-17-14(16-4-2)18-9-12/h8-9,20H,3-7,10-11H2,1-2H3,(H,16,17,18). The lowest BCUT2D eigenvalue weighted by molar-refractivity contribution is 0.0251. The number of amides is 1. The zero-order valence-electron chi connectivity index (χ0n) is 12.8. The summed E-state index contributed by atoms with van der Waals surface area (Å²) in [5.74, 6) is 0.481. The number of aromatic nitrogens is 2. The second-order valence-corrected chi connectivity index (χ2v) is 5.67. The number of carbonyl (C=O) groups excluding carboxylic acids is 1. The third kappa shape index (κ3) is 3.50. The summed E-state index contributed by atoms with van der Waals surface area (Å²) < 4.78 is 0. The van der Waals surface area contributed by atoms with E-state index in [9.17, 15) is 9.90 Å². The number of carbonyl (C=O) groups is 1. The van der Waals surface area contributed by atoms with E-state index in [2.05, 4.69) is 22.2 Å². The smallest absolute Gasteiger partial charge is 0.257 e. The zero-order chi connectivity index (χ0) is 15.3. The number of rotatable bonds is 5. The van der Waals surface area contributed by atoms with E-state index >= 15 is 0 Å². The molecule has 0 aliphatic carbocycles. The monoisotopic (exact) mass is 292 g/mol. The normalized spacial score (nSPS) is 22.1. The Morgan fingerprint density at radius 1 is 1.43 bits per heavy atom. The van der Waals surface area contributed by atoms with Crippen molar-refractivity contribution in [3.63, 3.8) is 0 Å². The van der Waals surface area contributed by atoms with Gasteiger partial charge in [-0.05, 0) is 26.2 Å². The van der Waals surface area contributed by atoms with Gasteiger partial charge in [0, 0.05) is 37.4 Å². The summed E-state index contributed by atoms with van der Waals surface area (Å²) in [6.45, 7) is 6.25. The van der Waals surface area contributed by atoms with Gasteiger partial charge in [0.05, 0.1) is 12.2 Å². The molecule has 21 heavy (non-hydrogen) atoms. The number of hydrogen-bond acceptors (Lipinski definition) is 5. The predicted molar refractivity (Wildman–Crippen MR) is 81.1 cm³/mol. The molecule has 2 rings (SSSR count). The Morgan fingerprint density at radius 2 is 2.14 bits per heavy atom. The summed E-state index contributed by atoms with van der Waals surface area (Å²) in [6, 6.07) is 0. The lowest BCUT2D eigenvalue weighted by atomic mass is 9.78. The molecule has 0 radical (unpaired) electrons. The van der Waals surface area contributed by atoms with Gasteiger partial charge in [-0.15, -0.1) is 0 Å². The van der Waals surface area contributed by atoms with E-state index in [0.29, 0.717) is 18.1 Å². The first-order valence-corrected chi connectivity index (χ1v) is 7.60. The summed E-state index contributed by atoms with van der Waals surface area (Å²) in [7, 11) is 0. The fourth-order valence-corrected chi connectivity index (χ4v) is 2.78. The topological polar surface area (TPSA) is 78.4 Å². The SMILES string of the molecule is CCNc1ncc(C(=O)N2CCCC(CC)(CO)C2)cn1. The summed E-state index contributed by atoms with van der Waals surface area (Å²) in [5, 5.41) is 12.6. The molecule has 1 aliphatic heterocycles.